The van der Waals surface area contributed by atoms with Gasteiger partial charge in [0.05, 0.1) is 41.8 Å². The quantitative estimate of drug-likeness (QED) is 0.240. The molecule has 4 aliphatic heterocycles. The minimum absolute atomic E-state index is 0.0106. The topological polar surface area (TPSA) is 83.6 Å². The average molecular weight is 789 g/mol. The number of anilines is 1. The van der Waals surface area contributed by atoms with E-state index in [9.17, 15) is 9.00 Å². The minimum Gasteiger partial charge on any atom is -0.490 e. The number of hydrogen-bond donors (Lipinski definition) is 1. The molecule has 0 aromatic heterocycles. The lowest BCUT2D eigenvalue weighted by Crippen LogP contribution is -2.58. The van der Waals surface area contributed by atoms with Crippen LogP contribution >= 0.6 is 11.6 Å². The molecule has 9 nitrogen and oxygen atoms in total. The van der Waals surface area contributed by atoms with Crippen molar-refractivity contribution in [2.24, 2.45) is 17.8 Å². The maximum absolute atomic E-state index is 14.1. The summed E-state index contributed by atoms with van der Waals surface area (Å²) in [5.41, 5.74) is 2.89. The first-order valence-electron chi connectivity index (χ1n) is 20.2. The Hall–Kier alpha value is -3.04. The van der Waals surface area contributed by atoms with Gasteiger partial charge in [-0.2, -0.15) is 0 Å². The summed E-state index contributed by atoms with van der Waals surface area (Å²) in [6, 6.07) is 12.4. The number of carbonyl (C=O) groups is 1. The molecular weight excluding hydrogens is 732 g/mol. The molecule has 55 heavy (non-hydrogen) atoms. The van der Waals surface area contributed by atoms with Gasteiger partial charge in [-0.3, -0.25) is 19.3 Å². The Bertz CT molecular complexity index is 1980. The number of fused-ring (bicyclic) bond motifs is 5. The SMILES string of the molecule is C=S1(=O)NC(=O)c2ccc3c(c2)N(C[C@@H]2CC[C@H]2[C@@](C#CCN2CCN4CCOC[C@@H]4C2)(OC)/C=C/C[C@H](C)[C@H]1C)C[C@@]1(CCCc2cc(Cl)ccc21)CO3. The second-order valence-electron chi connectivity index (χ2n) is 17.0. The highest BCUT2D eigenvalue weighted by Crippen LogP contribution is 2.49. The Morgan fingerprint density at radius 2 is 2.00 bits per heavy atom. The van der Waals surface area contributed by atoms with E-state index in [2.05, 4.69) is 68.3 Å². The predicted octanol–water partition coefficient (Wildman–Crippen LogP) is 5.59. The Kier molecular flexibility index (Phi) is 11.1. The molecule has 6 aliphatic rings. The van der Waals surface area contributed by atoms with Crippen LogP contribution in [0, 0.1) is 29.6 Å². The molecule has 1 amide bonds. The molecular formula is C44H57ClN4O5S. The van der Waals surface area contributed by atoms with Crippen molar-refractivity contribution in [3.63, 3.8) is 0 Å². The number of aryl methyl sites for hydroxylation is 1. The molecule has 1 spiro atoms. The molecule has 2 aromatic rings. The van der Waals surface area contributed by atoms with Crippen molar-refractivity contribution < 1.29 is 23.2 Å². The van der Waals surface area contributed by atoms with Crippen LogP contribution in [0.15, 0.2) is 48.6 Å². The summed E-state index contributed by atoms with van der Waals surface area (Å²) in [4.78, 5) is 21.3. The summed E-state index contributed by atoms with van der Waals surface area (Å²) in [5.74, 6) is 12.2. The predicted molar refractivity (Wildman–Crippen MR) is 222 cm³/mol. The van der Waals surface area contributed by atoms with Crippen LogP contribution < -0.4 is 14.4 Å². The highest BCUT2D eigenvalue weighted by Gasteiger charge is 2.49. The van der Waals surface area contributed by atoms with Crippen molar-refractivity contribution in [2.75, 3.05) is 77.6 Å². The van der Waals surface area contributed by atoms with Gasteiger partial charge in [0.15, 0.2) is 0 Å². The Morgan fingerprint density at radius 3 is 2.82 bits per heavy atom. The van der Waals surface area contributed by atoms with E-state index >= 15 is 0 Å². The minimum atomic E-state index is -2.98. The lowest BCUT2D eigenvalue weighted by Gasteiger charge is -2.49. The summed E-state index contributed by atoms with van der Waals surface area (Å²) in [5, 5.41) is 0.393. The highest BCUT2D eigenvalue weighted by molar-refractivity contribution is 7.99. The highest BCUT2D eigenvalue weighted by atomic mass is 35.5. The first kappa shape index (κ1) is 38.8. The largest absolute Gasteiger partial charge is 0.490 e. The number of allylic oxidation sites excluding steroid dienone is 1. The third-order valence-corrected chi connectivity index (χ3v) is 16.1. The fourth-order valence-electron chi connectivity index (χ4n) is 10.00. The summed E-state index contributed by atoms with van der Waals surface area (Å²) < 4.78 is 36.0. The number of benzene rings is 2. The number of halogens is 1. The lowest BCUT2D eigenvalue weighted by molar-refractivity contribution is -0.0425. The normalized spacial score (nSPS) is 36.0. The summed E-state index contributed by atoms with van der Waals surface area (Å²) >= 11 is 6.52. The molecule has 4 heterocycles. The van der Waals surface area contributed by atoms with E-state index in [0.717, 1.165) is 101 Å². The van der Waals surface area contributed by atoms with Gasteiger partial charge in [0.25, 0.3) is 5.91 Å². The van der Waals surface area contributed by atoms with Gasteiger partial charge < -0.3 is 19.1 Å². The molecule has 3 fully saturated rings. The number of rotatable bonds is 2. The number of amides is 1. The Morgan fingerprint density at radius 1 is 1.13 bits per heavy atom. The van der Waals surface area contributed by atoms with Crippen LogP contribution in [0.25, 0.3) is 0 Å². The fourth-order valence-corrected chi connectivity index (χ4v) is 11.7. The molecule has 2 aromatic carbocycles. The molecule has 8 atom stereocenters. The van der Waals surface area contributed by atoms with E-state index in [4.69, 9.17) is 25.8 Å². The smallest absolute Gasteiger partial charge is 0.262 e. The van der Waals surface area contributed by atoms with Gasteiger partial charge in [-0.1, -0.05) is 42.5 Å². The molecule has 296 valence electrons. The van der Waals surface area contributed by atoms with Crippen LogP contribution in [-0.2, 0) is 31.0 Å². The first-order chi connectivity index (χ1) is 26.5. The van der Waals surface area contributed by atoms with E-state index in [1.54, 1.807) is 13.2 Å². The van der Waals surface area contributed by atoms with Crippen molar-refractivity contribution >= 4 is 38.8 Å². The van der Waals surface area contributed by atoms with Crippen LogP contribution in [0.2, 0.25) is 5.02 Å². The van der Waals surface area contributed by atoms with Crippen molar-refractivity contribution in [3.05, 3.63) is 70.3 Å². The molecule has 2 bridgehead atoms. The fraction of sp³-hybridized carbons (Fsp3) is 0.591. The van der Waals surface area contributed by atoms with Crippen LogP contribution in [-0.4, -0.2) is 115 Å². The van der Waals surface area contributed by atoms with E-state index in [-0.39, 0.29) is 28.4 Å². The zero-order valence-corrected chi connectivity index (χ0v) is 34.3. The Balaban J connectivity index is 1.16. The first-order valence-corrected chi connectivity index (χ1v) is 22.4. The number of ether oxygens (including phenoxy) is 3. The molecule has 1 unspecified atom stereocenters. The van der Waals surface area contributed by atoms with Crippen LogP contribution in [0.5, 0.6) is 5.75 Å². The molecule has 0 radical (unpaired) electrons. The zero-order chi connectivity index (χ0) is 38.4. The number of nitrogens with one attached hydrogen (secondary N) is 1. The number of hydrogen-bond acceptors (Lipinski definition) is 8. The van der Waals surface area contributed by atoms with Crippen molar-refractivity contribution in [2.45, 2.75) is 74.7 Å². The van der Waals surface area contributed by atoms with Crippen molar-refractivity contribution in [1.82, 2.24) is 14.5 Å². The van der Waals surface area contributed by atoms with Gasteiger partial charge in [-0.15, -0.1) is 0 Å². The van der Waals surface area contributed by atoms with Crippen LogP contribution in [0.3, 0.4) is 0 Å². The molecule has 2 aliphatic carbocycles. The lowest BCUT2D eigenvalue weighted by atomic mass is 9.64. The van der Waals surface area contributed by atoms with Gasteiger partial charge in [-0.25, -0.2) is 4.21 Å². The second kappa shape index (κ2) is 15.7. The van der Waals surface area contributed by atoms with Gasteiger partial charge in [-0.05, 0) is 111 Å². The average Bonchev–Trinajstić information content (AvgIpc) is 3.31. The van der Waals surface area contributed by atoms with Crippen molar-refractivity contribution in [1.29, 1.82) is 0 Å². The van der Waals surface area contributed by atoms with Gasteiger partial charge in [0, 0.05) is 79.6 Å². The number of nitrogens with zero attached hydrogens (tertiary/aromatic N) is 3. The van der Waals surface area contributed by atoms with E-state index in [1.165, 1.54) is 11.1 Å². The van der Waals surface area contributed by atoms with Crippen molar-refractivity contribution in [3.8, 4) is 17.6 Å². The molecule has 2 saturated heterocycles. The number of piperazine rings is 1. The third-order valence-electron chi connectivity index (χ3n) is 13.7. The summed E-state index contributed by atoms with van der Waals surface area (Å²) in [6.45, 7) is 12.3. The maximum Gasteiger partial charge on any atom is 0.262 e. The van der Waals surface area contributed by atoms with E-state index in [0.29, 0.717) is 37.1 Å². The van der Waals surface area contributed by atoms with E-state index in [1.807, 2.05) is 25.1 Å². The van der Waals surface area contributed by atoms with E-state index < -0.39 is 15.3 Å². The maximum atomic E-state index is 14.1. The monoisotopic (exact) mass is 788 g/mol. The summed E-state index contributed by atoms with van der Waals surface area (Å²) in [6.07, 6.45) is 10.1. The second-order valence-corrected chi connectivity index (χ2v) is 19.8. The Labute approximate surface area is 333 Å². The standard InChI is InChI=1S/C44H57ClN4O5S/c1-31-8-5-17-44(52-3,18-7-19-47-20-21-48-22-23-53-28-37(48)27-47)39-13-10-35(39)26-49-29-43(16-6-9-33-24-36(45)12-14-38(33)43)30-54-41-15-11-34(25-40(41)49)42(50)46-55(4,51)32(31)2/h5,11-12,14-15,17,24-25,31-32,35,37,39H,4,6,8-10,13,16,19-23,26-30H2,1-3H3,(H,46,50,51)/b17-5+/t31-,32+,35-,37-,39+,43-,44+,55?/m0/s1. The molecule has 8 rings (SSSR count). The molecule has 1 saturated carbocycles. The summed E-state index contributed by atoms with van der Waals surface area (Å²) in [7, 11) is -1.18. The van der Waals surface area contributed by atoms with Crippen LogP contribution in [0.1, 0.15) is 67.4 Å². The number of methoxy groups -OCH3 is 1. The zero-order valence-electron chi connectivity index (χ0n) is 32.7. The number of carbonyl (C=O) groups excluding carboxylic acids is 1. The van der Waals surface area contributed by atoms with Gasteiger partial charge in [0.2, 0.25) is 0 Å². The third kappa shape index (κ3) is 7.70. The van der Waals surface area contributed by atoms with Gasteiger partial charge >= 0.3 is 0 Å². The van der Waals surface area contributed by atoms with Crippen LogP contribution in [0.4, 0.5) is 5.69 Å². The number of morpholine rings is 1. The molecule has 11 heteroatoms. The molecule has 1 N–H and O–H groups in total. The van der Waals surface area contributed by atoms with Gasteiger partial charge in [0.1, 0.15) is 11.4 Å².